The molecule has 14 aromatic carbocycles. The zero-order chi connectivity index (χ0) is 62.6. The van der Waals surface area contributed by atoms with E-state index >= 15 is 0 Å². The molecule has 0 fully saturated rings. The van der Waals surface area contributed by atoms with Gasteiger partial charge in [-0.15, -0.1) is 0 Å². The monoisotopic (exact) mass is 1190 g/mol. The van der Waals surface area contributed by atoms with Gasteiger partial charge in [-0.1, -0.05) is 276 Å². The third-order valence-electron chi connectivity index (χ3n) is 19.4. The lowest BCUT2D eigenvalue weighted by molar-refractivity contribution is 0.660. The number of nitrogens with zero attached hydrogens (tertiary/aromatic N) is 2. The molecule has 0 saturated carbocycles. The highest BCUT2D eigenvalue weighted by atomic mass is 16.3. The maximum Gasteiger partial charge on any atom is 0.135 e. The molecule has 93 heavy (non-hydrogen) atoms. The second-order valence-corrected chi connectivity index (χ2v) is 25.6. The van der Waals surface area contributed by atoms with Crippen LogP contribution < -0.4 is 9.80 Å². The molecule has 0 saturated heterocycles. The van der Waals surface area contributed by atoms with E-state index in [4.69, 9.17) is 4.42 Å². The number of benzene rings is 14. The van der Waals surface area contributed by atoms with Crippen LogP contribution in [0.15, 0.2) is 344 Å². The van der Waals surface area contributed by atoms with E-state index in [-0.39, 0.29) is 10.8 Å². The molecule has 1 aromatic heterocycles. The Balaban J connectivity index is 0.000000148. The summed E-state index contributed by atoms with van der Waals surface area (Å²) in [4.78, 5) is 4.80. The summed E-state index contributed by atoms with van der Waals surface area (Å²) in [5.74, 6) is 0. The summed E-state index contributed by atoms with van der Waals surface area (Å²) in [6, 6.07) is 123. The highest BCUT2D eigenvalue weighted by Gasteiger charge is 2.38. The first kappa shape index (κ1) is 56.7. The van der Waals surface area contributed by atoms with Crippen molar-refractivity contribution in [1.82, 2.24) is 0 Å². The summed E-state index contributed by atoms with van der Waals surface area (Å²) in [5.41, 5.74) is 31.4. The maximum atomic E-state index is 6.10. The fourth-order valence-electron chi connectivity index (χ4n) is 14.5. The molecule has 3 nitrogen and oxygen atoms in total. The lowest BCUT2D eigenvalue weighted by Gasteiger charge is -2.29. The van der Waals surface area contributed by atoms with Gasteiger partial charge in [0.25, 0.3) is 0 Å². The molecule has 0 radical (unpaired) electrons. The fraction of sp³-hybridized carbons (Fsp3) is 0.0667. The lowest BCUT2D eigenvalue weighted by Crippen LogP contribution is -2.16. The Kier molecular flexibility index (Phi) is 14.2. The molecular formula is C90H68N2O. The first-order valence-corrected chi connectivity index (χ1v) is 32.3. The Morgan fingerprint density at radius 1 is 0.226 bits per heavy atom. The highest BCUT2D eigenvalue weighted by Crippen LogP contribution is 2.55. The maximum absolute atomic E-state index is 6.10. The van der Waals surface area contributed by atoms with Gasteiger partial charge in [0, 0.05) is 55.6 Å². The van der Waals surface area contributed by atoms with Gasteiger partial charge < -0.3 is 14.2 Å². The van der Waals surface area contributed by atoms with E-state index < -0.39 is 0 Å². The zero-order valence-electron chi connectivity index (χ0n) is 52.6. The van der Waals surface area contributed by atoms with Crippen molar-refractivity contribution in [1.29, 1.82) is 0 Å². The molecule has 2 aliphatic carbocycles. The van der Waals surface area contributed by atoms with Crippen LogP contribution in [0.1, 0.15) is 49.9 Å². The Bertz CT molecular complexity index is 5220. The first-order chi connectivity index (χ1) is 45.6. The quantitative estimate of drug-likeness (QED) is 0.129. The van der Waals surface area contributed by atoms with Gasteiger partial charge in [0.1, 0.15) is 11.2 Å². The number of furan rings is 1. The van der Waals surface area contributed by atoms with E-state index in [9.17, 15) is 0 Å². The molecule has 15 aromatic rings. The smallest absolute Gasteiger partial charge is 0.135 e. The molecule has 0 atom stereocenters. The molecule has 0 aliphatic heterocycles. The van der Waals surface area contributed by atoms with Gasteiger partial charge in [-0.05, 0) is 186 Å². The van der Waals surface area contributed by atoms with E-state index in [1.807, 2.05) is 12.1 Å². The van der Waals surface area contributed by atoms with Crippen molar-refractivity contribution in [2.45, 2.75) is 38.5 Å². The van der Waals surface area contributed by atoms with Crippen LogP contribution in [0.4, 0.5) is 34.1 Å². The standard InChI is InChI=1S/C45H33NO.C45H35N/c1-45(2)39-15-8-6-14-37(39)44-40(45)16-10-17-41(44)46(34-24-19-31(20-25-34)30-11-4-3-5-12-30)35-26-21-32(22-27-35)33-23-28-43-38(29-33)36-13-7-9-18-42(36)47-43;1-45(2)43-19-10-9-18-41(43)42-31-40(28-29-44(42)45)46(38-24-20-34(21-25-38)32-12-5-3-6-13-32)39-26-22-35(23-27-39)37-17-11-16-36(30-37)33-14-7-4-8-15-33/h3-29H,1-2H3;3-31H,1-2H3. The van der Waals surface area contributed by atoms with Gasteiger partial charge in [0.15, 0.2) is 0 Å². The predicted molar refractivity (Wildman–Crippen MR) is 392 cm³/mol. The Morgan fingerprint density at radius 3 is 1.16 bits per heavy atom. The van der Waals surface area contributed by atoms with Crippen LogP contribution in [-0.4, -0.2) is 0 Å². The van der Waals surface area contributed by atoms with Crippen molar-refractivity contribution in [3.05, 3.63) is 362 Å². The van der Waals surface area contributed by atoms with E-state index in [1.54, 1.807) is 0 Å². The summed E-state index contributed by atoms with van der Waals surface area (Å²) in [7, 11) is 0. The van der Waals surface area contributed by atoms with Crippen LogP contribution in [0.25, 0.3) is 99.8 Å². The van der Waals surface area contributed by atoms with Crippen molar-refractivity contribution < 1.29 is 4.42 Å². The molecule has 0 bridgehead atoms. The molecule has 0 unspecified atom stereocenters. The molecule has 1 heterocycles. The largest absolute Gasteiger partial charge is 0.456 e. The highest BCUT2D eigenvalue weighted by molar-refractivity contribution is 6.06. The summed E-state index contributed by atoms with van der Waals surface area (Å²) >= 11 is 0. The predicted octanol–water partition coefficient (Wildman–Crippen LogP) is 25.2. The summed E-state index contributed by atoms with van der Waals surface area (Å²) in [6.45, 7) is 9.36. The minimum Gasteiger partial charge on any atom is -0.456 e. The lowest BCUT2D eigenvalue weighted by atomic mass is 9.82. The Hall–Kier alpha value is -11.5. The van der Waals surface area contributed by atoms with Crippen LogP contribution in [-0.2, 0) is 10.8 Å². The number of rotatable bonds is 11. The van der Waals surface area contributed by atoms with Crippen LogP contribution in [0.3, 0.4) is 0 Å². The SMILES string of the molecule is CC1(C)c2ccccc2-c2c(N(c3ccc(-c4ccccc4)cc3)c3ccc(-c4ccc5oc6ccccc6c5c4)cc3)cccc21.CC1(C)c2ccccc2-c2cc(N(c3ccc(-c4ccccc4)cc3)c3ccc(-c4cccc(-c5ccccc5)c4)cc3)ccc21. The summed E-state index contributed by atoms with van der Waals surface area (Å²) in [6.07, 6.45) is 0. The number of anilines is 6. The van der Waals surface area contributed by atoms with Crippen molar-refractivity contribution in [2.24, 2.45) is 0 Å². The van der Waals surface area contributed by atoms with E-state index in [1.165, 1.54) is 106 Å². The molecule has 0 amide bonds. The van der Waals surface area contributed by atoms with Crippen LogP contribution in [0.5, 0.6) is 0 Å². The minimum absolute atomic E-state index is 0.0252. The average Bonchev–Trinajstić information content (AvgIpc) is 1.60. The van der Waals surface area contributed by atoms with Crippen LogP contribution in [0, 0.1) is 0 Å². The normalized spacial score (nSPS) is 12.9. The second-order valence-electron chi connectivity index (χ2n) is 25.6. The van der Waals surface area contributed by atoms with Gasteiger partial charge in [-0.2, -0.15) is 0 Å². The van der Waals surface area contributed by atoms with Gasteiger partial charge in [0.2, 0.25) is 0 Å². The van der Waals surface area contributed by atoms with Gasteiger partial charge in [-0.25, -0.2) is 0 Å². The third-order valence-corrected chi connectivity index (χ3v) is 19.4. The number of hydrogen-bond acceptors (Lipinski definition) is 3. The molecule has 0 N–H and O–H groups in total. The third kappa shape index (κ3) is 10.3. The van der Waals surface area contributed by atoms with Gasteiger partial charge >= 0.3 is 0 Å². The van der Waals surface area contributed by atoms with Crippen LogP contribution in [0.2, 0.25) is 0 Å². The minimum atomic E-state index is -0.0788. The molecule has 444 valence electrons. The van der Waals surface area contributed by atoms with Crippen molar-refractivity contribution in [2.75, 3.05) is 9.80 Å². The molecule has 17 rings (SSSR count). The molecular weight excluding hydrogens is 1130 g/mol. The zero-order valence-corrected chi connectivity index (χ0v) is 52.6. The van der Waals surface area contributed by atoms with Gasteiger partial charge in [-0.3, -0.25) is 0 Å². The topological polar surface area (TPSA) is 19.6 Å². The van der Waals surface area contributed by atoms with Crippen molar-refractivity contribution in [3.8, 4) is 77.9 Å². The van der Waals surface area contributed by atoms with Crippen LogP contribution >= 0.6 is 0 Å². The summed E-state index contributed by atoms with van der Waals surface area (Å²) < 4.78 is 6.10. The number of para-hydroxylation sites is 1. The van der Waals surface area contributed by atoms with E-state index in [0.717, 1.165) is 50.4 Å². The molecule has 0 spiro atoms. The summed E-state index contributed by atoms with van der Waals surface area (Å²) in [5, 5.41) is 2.29. The Morgan fingerprint density at radius 2 is 0.591 bits per heavy atom. The Labute approximate surface area is 545 Å². The average molecular weight is 1190 g/mol. The van der Waals surface area contributed by atoms with Crippen molar-refractivity contribution in [3.63, 3.8) is 0 Å². The number of hydrogen-bond donors (Lipinski definition) is 0. The molecule has 2 aliphatic rings. The fourth-order valence-corrected chi connectivity index (χ4v) is 14.5. The second kappa shape index (κ2) is 23.4. The van der Waals surface area contributed by atoms with Gasteiger partial charge in [0.05, 0.1) is 5.69 Å². The van der Waals surface area contributed by atoms with E-state index in [0.29, 0.717) is 0 Å². The first-order valence-electron chi connectivity index (χ1n) is 32.3. The van der Waals surface area contributed by atoms with Crippen molar-refractivity contribution >= 4 is 56.1 Å². The number of fused-ring (bicyclic) bond motifs is 9. The molecule has 3 heteroatoms. The van der Waals surface area contributed by atoms with E-state index in [2.05, 4.69) is 365 Å².